The molecule has 1 heterocycles. The summed E-state index contributed by atoms with van der Waals surface area (Å²) in [5.74, 6) is 1.13. The Morgan fingerprint density at radius 3 is 2.56 bits per heavy atom. The highest BCUT2D eigenvalue weighted by molar-refractivity contribution is 5.80. The van der Waals surface area contributed by atoms with Crippen LogP contribution in [0.5, 0.6) is 0 Å². The van der Waals surface area contributed by atoms with E-state index in [1.165, 1.54) is 43.2 Å². The maximum Gasteiger partial charge on any atom is 0.222 e. The van der Waals surface area contributed by atoms with Crippen LogP contribution < -0.4 is 10.6 Å². The molecule has 0 radical (unpaired) electrons. The lowest BCUT2D eigenvalue weighted by Crippen LogP contribution is -2.41. The normalized spacial score (nSPS) is 15.9. The molecule has 2 N–H and O–H groups in total. The fourth-order valence-corrected chi connectivity index (χ4v) is 3.42. The molecule has 1 aliphatic heterocycles. The zero-order valence-electron chi connectivity index (χ0n) is 17.3. The minimum absolute atomic E-state index is 0.277. The Hall–Kier alpha value is -2.04. The minimum atomic E-state index is 0.277. The Morgan fingerprint density at radius 2 is 1.93 bits per heavy atom. The van der Waals surface area contributed by atoms with Crippen LogP contribution in [0.2, 0.25) is 0 Å². The van der Waals surface area contributed by atoms with Gasteiger partial charge in [0, 0.05) is 39.1 Å². The van der Waals surface area contributed by atoms with Crippen LogP contribution in [0.4, 0.5) is 0 Å². The predicted octanol–water partition coefficient (Wildman–Crippen LogP) is 3.83. The number of amides is 1. The van der Waals surface area contributed by atoms with Gasteiger partial charge in [-0.3, -0.25) is 9.79 Å². The van der Waals surface area contributed by atoms with E-state index in [1.807, 2.05) is 11.9 Å². The standard InChI is InChI=1S/C22H36N4O/c1-4-5-6-7-9-18(2)25-22(23-3)24-16-19-11-13-20(14-12-19)17-26-15-8-10-21(26)27/h11-14,18H,4-10,15-17H2,1-3H3,(H2,23,24,25). The SMILES string of the molecule is CCCCCCC(C)NC(=NC)NCc1ccc(CN2CCCC2=O)cc1. The van der Waals surface area contributed by atoms with Crippen molar-refractivity contribution in [2.45, 2.75) is 77.9 Å². The first kappa shape index (κ1) is 21.3. The van der Waals surface area contributed by atoms with Gasteiger partial charge in [-0.25, -0.2) is 0 Å². The highest BCUT2D eigenvalue weighted by Crippen LogP contribution is 2.14. The summed E-state index contributed by atoms with van der Waals surface area (Å²) in [6, 6.07) is 8.92. The first-order valence-electron chi connectivity index (χ1n) is 10.4. The third-order valence-electron chi connectivity index (χ3n) is 5.13. The van der Waals surface area contributed by atoms with E-state index < -0.39 is 0 Å². The number of hydrogen-bond acceptors (Lipinski definition) is 2. The fourth-order valence-electron chi connectivity index (χ4n) is 3.42. The molecule has 1 aliphatic rings. The van der Waals surface area contributed by atoms with Gasteiger partial charge in [-0.05, 0) is 30.9 Å². The summed E-state index contributed by atoms with van der Waals surface area (Å²) in [6.45, 7) is 6.82. The lowest BCUT2D eigenvalue weighted by Gasteiger charge is -2.18. The molecule has 1 saturated heterocycles. The van der Waals surface area contributed by atoms with Gasteiger partial charge in [-0.2, -0.15) is 0 Å². The number of benzene rings is 1. The molecule has 1 amide bonds. The van der Waals surface area contributed by atoms with E-state index in [-0.39, 0.29) is 5.91 Å². The van der Waals surface area contributed by atoms with Crippen LogP contribution in [0.3, 0.4) is 0 Å². The Labute approximate surface area is 164 Å². The quantitative estimate of drug-likeness (QED) is 0.373. The van der Waals surface area contributed by atoms with Crippen LogP contribution in [0.1, 0.15) is 69.9 Å². The molecule has 27 heavy (non-hydrogen) atoms. The van der Waals surface area contributed by atoms with Gasteiger partial charge >= 0.3 is 0 Å². The minimum Gasteiger partial charge on any atom is -0.354 e. The Kier molecular flexibility index (Phi) is 9.16. The molecule has 1 unspecified atom stereocenters. The van der Waals surface area contributed by atoms with Crippen LogP contribution >= 0.6 is 0 Å². The highest BCUT2D eigenvalue weighted by Gasteiger charge is 2.19. The van der Waals surface area contributed by atoms with Crippen molar-refractivity contribution in [1.29, 1.82) is 0 Å². The Bertz CT molecular complexity index is 597. The van der Waals surface area contributed by atoms with Crippen molar-refractivity contribution in [1.82, 2.24) is 15.5 Å². The van der Waals surface area contributed by atoms with E-state index >= 15 is 0 Å². The summed E-state index contributed by atoms with van der Waals surface area (Å²) in [6.07, 6.45) is 8.03. The molecule has 0 aromatic heterocycles. The van der Waals surface area contributed by atoms with Crippen LogP contribution in [0.25, 0.3) is 0 Å². The lowest BCUT2D eigenvalue weighted by atomic mass is 10.1. The van der Waals surface area contributed by atoms with Crippen LogP contribution in [0.15, 0.2) is 29.3 Å². The molecule has 2 rings (SSSR count). The van der Waals surface area contributed by atoms with Gasteiger partial charge in [-0.1, -0.05) is 56.9 Å². The van der Waals surface area contributed by atoms with Crippen molar-refractivity contribution in [3.05, 3.63) is 35.4 Å². The lowest BCUT2D eigenvalue weighted by molar-refractivity contribution is -0.128. The second kappa shape index (κ2) is 11.6. The monoisotopic (exact) mass is 372 g/mol. The van der Waals surface area contributed by atoms with Crippen molar-refractivity contribution in [3.63, 3.8) is 0 Å². The zero-order chi connectivity index (χ0) is 19.5. The molecule has 5 heteroatoms. The second-order valence-corrected chi connectivity index (χ2v) is 7.56. The van der Waals surface area contributed by atoms with E-state index in [0.29, 0.717) is 12.5 Å². The van der Waals surface area contributed by atoms with Gasteiger partial charge in [0.15, 0.2) is 5.96 Å². The predicted molar refractivity (Wildman–Crippen MR) is 113 cm³/mol. The highest BCUT2D eigenvalue weighted by atomic mass is 16.2. The van der Waals surface area contributed by atoms with E-state index in [9.17, 15) is 4.79 Å². The average molecular weight is 373 g/mol. The molecule has 5 nitrogen and oxygen atoms in total. The van der Waals surface area contributed by atoms with E-state index in [1.54, 1.807) is 0 Å². The Balaban J connectivity index is 1.73. The maximum atomic E-state index is 11.7. The summed E-state index contributed by atoms with van der Waals surface area (Å²) in [5.41, 5.74) is 2.40. The first-order valence-corrected chi connectivity index (χ1v) is 10.4. The number of unbranched alkanes of at least 4 members (excludes halogenated alkanes) is 3. The first-order chi connectivity index (χ1) is 13.1. The zero-order valence-corrected chi connectivity index (χ0v) is 17.3. The number of guanidine groups is 1. The number of nitrogens with one attached hydrogen (secondary N) is 2. The number of aliphatic imine (C=N–C) groups is 1. The van der Waals surface area contributed by atoms with Crippen LogP contribution in [0, 0.1) is 0 Å². The molecule has 1 fully saturated rings. The average Bonchev–Trinajstić information content (AvgIpc) is 3.08. The van der Waals surface area contributed by atoms with Gasteiger partial charge in [0.1, 0.15) is 0 Å². The smallest absolute Gasteiger partial charge is 0.222 e. The summed E-state index contributed by atoms with van der Waals surface area (Å²) in [4.78, 5) is 18.0. The molecule has 150 valence electrons. The van der Waals surface area contributed by atoms with Crippen molar-refractivity contribution in [2.75, 3.05) is 13.6 Å². The van der Waals surface area contributed by atoms with Crippen molar-refractivity contribution in [3.8, 4) is 0 Å². The second-order valence-electron chi connectivity index (χ2n) is 7.56. The molecule has 0 spiro atoms. The molecule has 0 bridgehead atoms. The number of carbonyl (C=O) groups is 1. The van der Waals surface area contributed by atoms with Crippen molar-refractivity contribution < 1.29 is 4.79 Å². The van der Waals surface area contributed by atoms with Gasteiger partial charge < -0.3 is 15.5 Å². The van der Waals surface area contributed by atoms with Crippen LogP contribution in [-0.4, -0.2) is 36.4 Å². The van der Waals surface area contributed by atoms with Gasteiger partial charge in [0.2, 0.25) is 5.91 Å². The van der Waals surface area contributed by atoms with Crippen molar-refractivity contribution >= 4 is 11.9 Å². The maximum absolute atomic E-state index is 11.7. The van der Waals surface area contributed by atoms with Gasteiger partial charge in [-0.15, -0.1) is 0 Å². The number of rotatable bonds is 10. The van der Waals surface area contributed by atoms with E-state index in [0.717, 1.165) is 32.0 Å². The molecular formula is C22H36N4O. The van der Waals surface area contributed by atoms with E-state index in [2.05, 4.69) is 53.7 Å². The van der Waals surface area contributed by atoms with Crippen molar-refractivity contribution in [2.24, 2.45) is 4.99 Å². The van der Waals surface area contributed by atoms with Gasteiger partial charge in [0.25, 0.3) is 0 Å². The molecule has 1 aromatic carbocycles. The largest absolute Gasteiger partial charge is 0.354 e. The molecule has 1 atom stereocenters. The van der Waals surface area contributed by atoms with E-state index in [4.69, 9.17) is 0 Å². The summed E-state index contributed by atoms with van der Waals surface area (Å²) >= 11 is 0. The number of nitrogens with zero attached hydrogens (tertiary/aromatic N) is 2. The summed E-state index contributed by atoms with van der Waals surface area (Å²) in [5, 5.41) is 6.87. The fraction of sp³-hybridized carbons (Fsp3) is 0.636. The number of carbonyl (C=O) groups excluding carboxylic acids is 1. The number of likely N-dealkylation sites (tertiary alicyclic amines) is 1. The molecule has 1 aromatic rings. The third kappa shape index (κ3) is 7.61. The molecular weight excluding hydrogens is 336 g/mol. The third-order valence-corrected chi connectivity index (χ3v) is 5.13. The summed E-state index contributed by atoms with van der Waals surface area (Å²) < 4.78 is 0. The van der Waals surface area contributed by atoms with Crippen LogP contribution in [-0.2, 0) is 17.9 Å². The molecule has 0 aliphatic carbocycles. The summed E-state index contributed by atoms with van der Waals surface area (Å²) in [7, 11) is 1.81. The number of hydrogen-bond donors (Lipinski definition) is 2. The van der Waals surface area contributed by atoms with Gasteiger partial charge in [0.05, 0.1) is 0 Å². The molecule has 0 saturated carbocycles. The topological polar surface area (TPSA) is 56.7 Å². The Morgan fingerprint density at radius 1 is 1.19 bits per heavy atom.